The quantitative estimate of drug-likeness (QED) is 0.678. The zero-order chi connectivity index (χ0) is 14.8. The van der Waals surface area contributed by atoms with Gasteiger partial charge in [-0.25, -0.2) is 4.79 Å². The Morgan fingerprint density at radius 1 is 1.14 bits per heavy atom. The molecule has 1 aromatic heterocycles. The Morgan fingerprint density at radius 2 is 1.81 bits per heavy atom. The lowest BCUT2D eigenvalue weighted by Gasteiger charge is -2.09. The topological polar surface area (TPSA) is 69.9 Å². The van der Waals surface area contributed by atoms with Crippen molar-refractivity contribution in [3.05, 3.63) is 56.9 Å². The molecule has 0 spiro atoms. The van der Waals surface area contributed by atoms with Crippen molar-refractivity contribution in [2.24, 2.45) is 0 Å². The van der Waals surface area contributed by atoms with Crippen molar-refractivity contribution in [3.63, 3.8) is 0 Å². The molecule has 3 aromatic rings. The van der Waals surface area contributed by atoms with Crippen molar-refractivity contribution in [1.29, 1.82) is 0 Å². The summed E-state index contributed by atoms with van der Waals surface area (Å²) in [5, 5.41) is 3.34. The van der Waals surface area contributed by atoms with Gasteiger partial charge in [-0.2, -0.15) is 0 Å². The van der Waals surface area contributed by atoms with E-state index in [9.17, 15) is 4.79 Å². The Bertz CT molecular complexity index is 821. The van der Waals surface area contributed by atoms with E-state index in [1.165, 1.54) is 0 Å². The molecule has 2 aromatic carbocycles. The molecular weight excluding hydrogens is 334 g/mol. The Hall–Kier alpha value is -2.21. The minimum Gasteiger partial charge on any atom is -0.497 e. The zero-order valence-corrected chi connectivity index (χ0v) is 13.0. The molecule has 3 rings (SSSR count). The third kappa shape index (κ3) is 2.95. The van der Waals surface area contributed by atoms with E-state index < -0.39 is 0 Å². The lowest BCUT2D eigenvalue weighted by atomic mass is 10.2. The largest absolute Gasteiger partial charge is 0.497 e. The molecule has 0 aliphatic rings. The van der Waals surface area contributed by atoms with Gasteiger partial charge < -0.3 is 20.0 Å². The molecule has 6 heteroatoms. The van der Waals surface area contributed by atoms with E-state index in [1.54, 1.807) is 7.11 Å². The first-order valence-electron chi connectivity index (χ1n) is 6.44. The van der Waals surface area contributed by atoms with Gasteiger partial charge in [-0.05, 0) is 45.8 Å². The number of rotatable bonds is 4. The molecule has 0 saturated heterocycles. The van der Waals surface area contributed by atoms with E-state index in [2.05, 4.69) is 31.2 Å². The fraction of sp³-hybridized carbons (Fsp3) is 0.133. The first kappa shape index (κ1) is 13.8. The van der Waals surface area contributed by atoms with E-state index in [0.717, 1.165) is 32.5 Å². The van der Waals surface area contributed by atoms with Gasteiger partial charge in [0.1, 0.15) is 5.75 Å². The molecular formula is C15H14BrN3O2. The summed E-state index contributed by atoms with van der Waals surface area (Å²) in [6, 6.07) is 11.7. The van der Waals surface area contributed by atoms with Crippen LogP contribution in [0.5, 0.6) is 5.75 Å². The van der Waals surface area contributed by atoms with Gasteiger partial charge in [0, 0.05) is 11.0 Å². The van der Waals surface area contributed by atoms with Crippen molar-refractivity contribution in [2.45, 2.75) is 6.54 Å². The molecule has 1 heterocycles. The normalized spacial score (nSPS) is 10.8. The Labute approximate surface area is 129 Å². The smallest absolute Gasteiger partial charge is 0.323 e. The number of hydrogen-bond donors (Lipinski definition) is 3. The fourth-order valence-electron chi connectivity index (χ4n) is 2.13. The maximum absolute atomic E-state index is 11.3. The summed E-state index contributed by atoms with van der Waals surface area (Å²) in [7, 11) is 1.65. The van der Waals surface area contributed by atoms with Gasteiger partial charge in [0.25, 0.3) is 0 Å². The number of aromatic nitrogens is 2. The molecule has 3 N–H and O–H groups in total. The van der Waals surface area contributed by atoms with Crippen LogP contribution in [0.4, 0.5) is 5.69 Å². The molecule has 108 valence electrons. The molecule has 21 heavy (non-hydrogen) atoms. The van der Waals surface area contributed by atoms with Gasteiger partial charge >= 0.3 is 5.69 Å². The number of methoxy groups -OCH3 is 1. The Morgan fingerprint density at radius 3 is 2.48 bits per heavy atom. The number of halogens is 1. The molecule has 0 amide bonds. The SMILES string of the molecule is COc1ccc(CNc2cc3[nH]c(=O)[nH]c3cc2Br)cc1. The number of aromatic amines is 2. The lowest BCUT2D eigenvalue weighted by Crippen LogP contribution is -2.00. The number of nitrogens with one attached hydrogen (secondary N) is 3. The monoisotopic (exact) mass is 347 g/mol. The van der Waals surface area contributed by atoms with Crippen molar-refractivity contribution in [2.75, 3.05) is 12.4 Å². The number of imidazole rings is 1. The summed E-state index contributed by atoms with van der Waals surface area (Å²) in [6.45, 7) is 0.683. The minimum atomic E-state index is -0.204. The molecule has 0 radical (unpaired) electrons. The first-order chi connectivity index (χ1) is 10.2. The van der Waals surface area contributed by atoms with Crippen LogP contribution in [-0.2, 0) is 6.54 Å². The van der Waals surface area contributed by atoms with E-state index in [-0.39, 0.29) is 5.69 Å². The first-order valence-corrected chi connectivity index (χ1v) is 7.23. The van der Waals surface area contributed by atoms with Crippen LogP contribution in [0.25, 0.3) is 11.0 Å². The van der Waals surface area contributed by atoms with Crippen LogP contribution in [0.15, 0.2) is 45.7 Å². The van der Waals surface area contributed by atoms with Crippen LogP contribution in [0.3, 0.4) is 0 Å². The molecule has 0 bridgehead atoms. The van der Waals surface area contributed by atoms with Crippen molar-refractivity contribution in [3.8, 4) is 5.75 Å². The maximum Gasteiger partial charge on any atom is 0.323 e. The highest BCUT2D eigenvalue weighted by Crippen LogP contribution is 2.27. The summed E-state index contributed by atoms with van der Waals surface area (Å²) >= 11 is 3.50. The summed E-state index contributed by atoms with van der Waals surface area (Å²) < 4.78 is 6.04. The summed E-state index contributed by atoms with van der Waals surface area (Å²) in [5.41, 5.74) is 3.42. The molecule has 0 aliphatic heterocycles. The fourth-order valence-corrected chi connectivity index (χ4v) is 2.62. The Kier molecular flexibility index (Phi) is 3.70. The highest BCUT2D eigenvalue weighted by Gasteiger charge is 2.05. The maximum atomic E-state index is 11.3. The van der Waals surface area contributed by atoms with Crippen LogP contribution < -0.4 is 15.7 Å². The van der Waals surface area contributed by atoms with Gasteiger partial charge in [0.15, 0.2) is 0 Å². The van der Waals surface area contributed by atoms with Crippen LogP contribution in [-0.4, -0.2) is 17.1 Å². The highest BCUT2D eigenvalue weighted by atomic mass is 79.9. The average molecular weight is 348 g/mol. The summed E-state index contributed by atoms with van der Waals surface area (Å²) in [4.78, 5) is 16.8. The second kappa shape index (κ2) is 5.65. The van der Waals surface area contributed by atoms with Gasteiger partial charge in [-0.15, -0.1) is 0 Å². The summed E-state index contributed by atoms with van der Waals surface area (Å²) in [6.07, 6.45) is 0. The predicted molar refractivity (Wildman–Crippen MR) is 86.9 cm³/mol. The number of hydrogen-bond acceptors (Lipinski definition) is 3. The van der Waals surface area contributed by atoms with Crippen LogP contribution in [0, 0.1) is 0 Å². The van der Waals surface area contributed by atoms with Gasteiger partial charge in [0.05, 0.1) is 23.8 Å². The van der Waals surface area contributed by atoms with Crippen LogP contribution in [0.2, 0.25) is 0 Å². The van der Waals surface area contributed by atoms with Crippen LogP contribution >= 0.6 is 15.9 Å². The number of benzene rings is 2. The van der Waals surface area contributed by atoms with Crippen molar-refractivity contribution >= 4 is 32.7 Å². The second-order valence-corrected chi connectivity index (χ2v) is 5.51. The predicted octanol–water partition coefficient (Wildman–Crippen LogP) is 3.24. The van der Waals surface area contributed by atoms with E-state index in [4.69, 9.17) is 4.74 Å². The van der Waals surface area contributed by atoms with E-state index in [0.29, 0.717) is 6.54 Å². The summed E-state index contributed by atoms with van der Waals surface area (Å²) in [5.74, 6) is 0.839. The van der Waals surface area contributed by atoms with Gasteiger partial charge in [-0.3, -0.25) is 0 Å². The lowest BCUT2D eigenvalue weighted by molar-refractivity contribution is 0.414. The average Bonchev–Trinajstić information content (AvgIpc) is 2.84. The van der Waals surface area contributed by atoms with E-state index >= 15 is 0 Å². The number of anilines is 1. The molecule has 5 nitrogen and oxygen atoms in total. The number of fused-ring (bicyclic) bond motifs is 1. The second-order valence-electron chi connectivity index (χ2n) is 4.66. The zero-order valence-electron chi connectivity index (χ0n) is 11.4. The molecule has 0 fully saturated rings. The van der Waals surface area contributed by atoms with Crippen molar-refractivity contribution < 1.29 is 4.74 Å². The number of ether oxygens (including phenoxy) is 1. The molecule has 0 unspecified atom stereocenters. The van der Waals surface area contributed by atoms with E-state index in [1.807, 2.05) is 36.4 Å². The highest BCUT2D eigenvalue weighted by molar-refractivity contribution is 9.10. The van der Waals surface area contributed by atoms with Gasteiger partial charge in [0.2, 0.25) is 0 Å². The number of H-pyrrole nitrogens is 2. The molecule has 0 aliphatic carbocycles. The third-order valence-corrected chi connectivity index (χ3v) is 3.90. The minimum absolute atomic E-state index is 0.204. The third-order valence-electron chi connectivity index (χ3n) is 3.25. The molecule has 0 saturated carbocycles. The van der Waals surface area contributed by atoms with Crippen molar-refractivity contribution in [1.82, 2.24) is 9.97 Å². The Balaban J connectivity index is 1.80. The van der Waals surface area contributed by atoms with Gasteiger partial charge in [-0.1, -0.05) is 12.1 Å². The standard InChI is InChI=1S/C15H14BrN3O2/c1-21-10-4-2-9(3-5-10)8-17-12-7-14-13(6-11(12)16)18-15(20)19-14/h2-7,17H,8H2,1H3,(H2,18,19,20). The van der Waals surface area contributed by atoms with Crippen LogP contribution in [0.1, 0.15) is 5.56 Å². The molecule has 0 atom stereocenters.